The highest BCUT2D eigenvalue weighted by molar-refractivity contribution is 6.31. The van der Waals surface area contributed by atoms with Crippen LogP contribution in [0.2, 0.25) is 5.02 Å². The third-order valence-electron chi connectivity index (χ3n) is 2.24. The van der Waals surface area contributed by atoms with Gasteiger partial charge in [-0.3, -0.25) is 0 Å². The van der Waals surface area contributed by atoms with Crippen LogP contribution in [0.1, 0.15) is 13.8 Å². The second-order valence-electron chi connectivity index (χ2n) is 4.57. The van der Waals surface area contributed by atoms with Crippen LogP contribution in [0.3, 0.4) is 0 Å². The summed E-state index contributed by atoms with van der Waals surface area (Å²) >= 11 is 5.65. The lowest BCUT2D eigenvalue weighted by atomic mass is 10.2. The molecule has 0 heterocycles. The Hall–Kier alpha value is -0.840. The summed E-state index contributed by atoms with van der Waals surface area (Å²) in [5.74, 6) is -0.0787. The highest BCUT2D eigenvalue weighted by Gasteiger charge is 2.09. The standard InChI is InChI=1S/C13H19ClFNO2/c1-9(2)7-18-8-10(17)6-16-12-5-3-4-11(14)13(12)15/h3-5,9-10,16-17H,6-8H2,1-2H3. The lowest BCUT2D eigenvalue weighted by molar-refractivity contribution is 0.0317. The van der Waals surface area contributed by atoms with Crippen molar-refractivity contribution in [2.45, 2.75) is 20.0 Å². The van der Waals surface area contributed by atoms with Crippen molar-refractivity contribution in [1.29, 1.82) is 0 Å². The molecular weight excluding hydrogens is 257 g/mol. The van der Waals surface area contributed by atoms with Gasteiger partial charge in [-0.05, 0) is 18.1 Å². The first-order valence-corrected chi connectivity index (χ1v) is 6.32. The van der Waals surface area contributed by atoms with Crippen LogP contribution in [0.5, 0.6) is 0 Å². The fraction of sp³-hybridized carbons (Fsp3) is 0.538. The van der Waals surface area contributed by atoms with Crippen LogP contribution in [0.15, 0.2) is 18.2 Å². The molecule has 18 heavy (non-hydrogen) atoms. The zero-order valence-electron chi connectivity index (χ0n) is 10.6. The summed E-state index contributed by atoms with van der Waals surface area (Å²) in [4.78, 5) is 0. The molecule has 0 amide bonds. The molecule has 1 aromatic carbocycles. The topological polar surface area (TPSA) is 41.5 Å². The van der Waals surface area contributed by atoms with E-state index in [1.165, 1.54) is 6.07 Å². The van der Waals surface area contributed by atoms with E-state index in [4.69, 9.17) is 16.3 Å². The number of aliphatic hydroxyl groups is 1. The maximum Gasteiger partial charge on any atom is 0.164 e. The van der Waals surface area contributed by atoms with Gasteiger partial charge in [-0.25, -0.2) is 4.39 Å². The highest BCUT2D eigenvalue weighted by atomic mass is 35.5. The predicted molar refractivity (Wildman–Crippen MR) is 71.6 cm³/mol. The van der Waals surface area contributed by atoms with Gasteiger partial charge in [0.25, 0.3) is 0 Å². The van der Waals surface area contributed by atoms with Crippen LogP contribution in [0.25, 0.3) is 0 Å². The predicted octanol–water partition coefficient (Wildman–Crippen LogP) is 2.92. The minimum absolute atomic E-state index is 0.0607. The summed E-state index contributed by atoms with van der Waals surface area (Å²) in [6, 6.07) is 4.70. The maximum atomic E-state index is 13.5. The van der Waals surface area contributed by atoms with Crippen LogP contribution in [0, 0.1) is 11.7 Å². The van der Waals surface area contributed by atoms with Crippen LogP contribution in [-0.4, -0.2) is 31.0 Å². The number of halogens is 2. The lowest BCUT2D eigenvalue weighted by Crippen LogP contribution is -2.26. The second kappa shape index (κ2) is 7.56. The SMILES string of the molecule is CC(C)COCC(O)CNc1cccc(Cl)c1F. The summed E-state index contributed by atoms with van der Waals surface area (Å²) in [6.45, 7) is 5.11. The summed E-state index contributed by atoms with van der Waals surface area (Å²) in [5, 5.41) is 12.5. The molecule has 0 spiro atoms. The van der Waals surface area contributed by atoms with Gasteiger partial charge in [0.15, 0.2) is 5.82 Å². The number of ether oxygens (including phenoxy) is 1. The molecular formula is C13H19ClFNO2. The normalized spacial score (nSPS) is 12.8. The first kappa shape index (κ1) is 15.2. The molecule has 102 valence electrons. The van der Waals surface area contributed by atoms with Gasteiger partial charge in [0.1, 0.15) is 0 Å². The molecule has 0 saturated carbocycles. The van der Waals surface area contributed by atoms with Crippen molar-refractivity contribution in [3.8, 4) is 0 Å². The summed E-state index contributed by atoms with van der Waals surface area (Å²) in [7, 11) is 0. The van der Waals surface area contributed by atoms with Crippen molar-refractivity contribution in [3.63, 3.8) is 0 Å². The molecule has 0 saturated heterocycles. The molecule has 0 aliphatic rings. The minimum Gasteiger partial charge on any atom is -0.389 e. The third-order valence-corrected chi connectivity index (χ3v) is 2.53. The summed E-state index contributed by atoms with van der Waals surface area (Å²) in [6.07, 6.45) is -0.679. The van der Waals surface area contributed by atoms with Gasteiger partial charge in [-0.2, -0.15) is 0 Å². The lowest BCUT2D eigenvalue weighted by Gasteiger charge is -2.14. The smallest absolute Gasteiger partial charge is 0.164 e. The Labute approximate surface area is 112 Å². The van der Waals surface area contributed by atoms with Gasteiger partial charge in [-0.1, -0.05) is 31.5 Å². The zero-order chi connectivity index (χ0) is 13.5. The van der Waals surface area contributed by atoms with Crippen molar-refractivity contribution in [1.82, 2.24) is 0 Å². The van der Waals surface area contributed by atoms with Gasteiger partial charge >= 0.3 is 0 Å². The Balaban J connectivity index is 2.33. The number of hydrogen-bond acceptors (Lipinski definition) is 3. The van der Waals surface area contributed by atoms with Crippen LogP contribution < -0.4 is 5.32 Å². The minimum atomic E-state index is -0.679. The van der Waals surface area contributed by atoms with E-state index in [2.05, 4.69) is 5.32 Å². The molecule has 0 bridgehead atoms. The Bertz CT molecular complexity index is 374. The number of anilines is 1. The van der Waals surface area contributed by atoms with Gasteiger partial charge in [-0.15, -0.1) is 0 Å². The Kier molecular flexibility index (Phi) is 6.39. The molecule has 2 N–H and O–H groups in total. The quantitative estimate of drug-likeness (QED) is 0.804. The van der Waals surface area contributed by atoms with E-state index < -0.39 is 11.9 Å². The Morgan fingerprint density at radius 3 is 2.78 bits per heavy atom. The van der Waals surface area contributed by atoms with Crippen molar-refractivity contribution in [2.24, 2.45) is 5.92 Å². The van der Waals surface area contributed by atoms with Gasteiger partial charge < -0.3 is 15.2 Å². The first-order chi connectivity index (χ1) is 8.50. The molecule has 1 aromatic rings. The van der Waals surface area contributed by atoms with E-state index in [1.807, 2.05) is 13.8 Å². The average Bonchev–Trinajstić information content (AvgIpc) is 2.30. The summed E-state index contributed by atoms with van der Waals surface area (Å²) in [5.41, 5.74) is 0.283. The molecule has 3 nitrogen and oxygen atoms in total. The molecule has 5 heteroatoms. The number of benzene rings is 1. The van der Waals surface area contributed by atoms with Crippen LogP contribution in [0.4, 0.5) is 10.1 Å². The van der Waals surface area contributed by atoms with Gasteiger partial charge in [0.05, 0.1) is 23.4 Å². The van der Waals surface area contributed by atoms with E-state index in [0.717, 1.165) is 0 Å². The Morgan fingerprint density at radius 2 is 2.11 bits per heavy atom. The van der Waals surface area contributed by atoms with Gasteiger partial charge in [0, 0.05) is 13.2 Å². The van der Waals surface area contributed by atoms with E-state index in [9.17, 15) is 9.50 Å². The highest BCUT2D eigenvalue weighted by Crippen LogP contribution is 2.21. The van der Waals surface area contributed by atoms with Gasteiger partial charge in [0.2, 0.25) is 0 Å². The van der Waals surface area contributed by atoms with Crippen molar-refractivity contribution in [2.75, 3.05) is 25.1 Å². The second-order valence-corrected chi connectivity index (χ2v) is 4.97. The van der Waals surface area contributed by atoms with E-state index in [1.54, 1.807) is 12.1 Å². The molecule has 0 aliphatic carbocycles. The summed E-state index contributed by atoms with van der Waals surface area (Å²) < 4.78 is 18.8. The van der Waals surface area contributed by atoms with E-state index in [-0.39, 0.29) is 23.9 Å². The molecule has 0 fully saturated rings. The number of aliphatic hydroxyl groups excluding tert-OH is 1. The maximum absolute atomic E-state index is 13.5. The number of hydrogen-bond donors (Lipinski definition) is 2. The van der Waals surface area contributed by atoms with Crippen molar-refractivity contribution < 1.29 is 14.2 Å². The number of rotatable bonds is 7. The molecule has 1 atom stereocenters. The molecule has 1 unspecified atom stereocenters. The van der Waals surface area contributed by atoms with Crippen molar-refractivity contribution in [3.05, 3.63) is 29.0 Å². The first-order valence-electron chi connectivity index (χ1n) is 5.94. The largest absolute Gasteiger partial charge is 0.389 e. The van der Waals surface area contributed by atoms with Crippen LogP contribution in [-0.2, 0) is 4.74 Å². The number of nitrogens with one attached hydrogen (secondary N) is 1. The average molecular weight is 276 g/mol. The molecule has 0 radical (unpaired) electrons. The Morgan fingerprint density at radius 1 is 1.39 bits per heavy atom. The molecule has 1 rings (SSSR count). The van der Waals surface area contributed by atoms with Crippen LogP contribution >= 0.6 is 11.6 Å². The van der Waals surface area contributed by atoms with E-state index in [0.29, 0.717) is 12.5 Å². The third kappa shape index (κ3) is 5.21. The molecule has 0 aliphatic heterocycles. The zero-order valence-corrected chi connectivity index (χ0v) is 11.4. The van der Waals surface area contributed by atoms with Crippen molar-refractivity contribution >= 4 is 17.3 Å². The fourth-order valence-electron chi connectivity index (χ4n) is 1.37. The molecule has 0 aromatic heterocycles. The monoisotopic (exact) mass is 275 g/mol. The fourth-order valence-corrected chi connectivity index (χ4v) is 1.54. The van der Waals surface area contributed by atoms with E-state index >= 15 is 0 Å².